The van der Waals surface area contributed by atoms with E-state index in [1.807, 2.05) is 38.2 Å². The van der Waals surface area contributed by atoms with Gasteiger partial charge in [-0.15, -0.1) is 0 Å². The Morgan fingerprint density at radius 1 is 1.18 bits per heavy atom. The van der Waals surface area contributed by atoms with Crippen LogP contribution in [0.5, 0.6) is 5.75 Å². The van der Waals surface area contributed by atoms with Crippen molar-refractivity contribution < 1.29 is 9.53 Å². The zero-order valence-corrected chi connectivity index (χ0v) is 17.7. The van der Waals surface area contributed by atoms with Crippen molar-refractivity contribution >= 4 is 35.1 Å². The number of carbonyl (C=O) groups is 1. The van der Waals surface area contributed by atoms with Gasteiger partial charge in [0.05, 0.1) is 25.2 Å². The van der Waals surface area contributed by atoms with Crippen LogP contribution in [0.2, 0.25) is 10.2 Å². The number of guanidine groups is 1. The number of ether oxygens (including phenoxy) is 1. The van der Waals surface area contributed by atoms with Crippen LogP contribution < -0.4 is 20.7 Å². The molecule has 1 aromatic heterocycles. The van der Waals surface area contributed by atoms with Crippen LogP contribution in [-0.2, 0) is 24.9 Å². The van der Waals surface area contributed by atoms with Crippen LogP contribution in [0.3, 0.4) is 0 Å². The van der Waals surface area contributed by atoms with Crippen LogP contribution in [0, 0.1) is 0 Å². The van der Waals surface area contributed by atoms with E-state index in [1.165, 1.54) is 0 Å². The molecule has 7 nitrogen and oxygen atoms in total. The fourth-order valence-corrected chi connectivity index (χ4v) is 2.83. The lowest BCUT2D eigenvalue weighted by Crippen LogP contribution is -2.43. The predicted octanol–water partition coefficient (Wildman–Crippen LogP) is 2.71. The SMILES string of the molecule is CCNC(=NCc1cc(Cl)c(Cl)n1C)NCC(=O)NCc1ccc(OC)cc1. The minimum Gasteiger partial charge on any atom is -0.497 e. The Labute approximate surface area is 175 Å². The first-order chi connectivity index (χ1) is 13.4. The lowest BCUT2D eigenvalue weighted by atomic mass is 10.2. The predicted molar refractivity (Wildman–Crippen MR) is 113 cm³/mol. The van der Waals surface area contributed by atoms with Crippen molar-refractivity contribution in [3.63, 3.8) is 0 Å². The molecule has 0 aliphatic carbocycles. The van der Waals surface area contributed by atoms with Crippen molar-refractivity contribution in [3.8, 4) is 5.75 Å². The summed E-state index contributed by atoms with van der Waals surface area (Å²) < 4.78 is 6.90. The normalized spacial score (nSPS) is 11.2. The Hall–Kier alpha value is -2.38. The summed E-state index contributed by atoms with van der Waals surface area (Å²) in [6, 6.07) is 9.32. The number of nitrogens with one attached hydrogen (secondary N) is 3. The van der Waals surface area contributed by atoms with Gasteiger partial charge in [-0.1, -0.05) is 35.3 Å². The second-order valence-corrected chi connectivity index (χ2v) is 6.77. The maximum atomic E-state index is 12.1. The highest BCUT2D eigenvalue weighted by Gasteiger charge is 2.09. The van der Waals surface area contributed by atoms with Crippen molar-refractivity contribution in [1.29, 1.82) is 0 Å². The van der Waals surface area contributed by atoms with E-state index in [1.54, 1.807) is 17.7 Å². The molecule has 0 unspecified atom stereocenters. The Kier molecular flexibility index (Phi) is 8.47. The summed E-state index contributed by atoms with van der Waals surface area (Å²) in [4.78, 5) is 16.6. The van der Waals surface area contributed by atoms with Crippen LogP contribution in [0.15, 0.2) is 35.3 Å². The molecule has 3 N–H and O–H groups in total. The van der Waals surface area contributed by atoms with E-state index >= 15 is 0 Å². The quantitative estimate of drug-likeness (QED) is 0.448. The van der Waals surface area contributed by atoms with Gasteiger partial charge in [0.2, 0.25) is 5.91 Å². The van der Waals surface area contributed by atoms with E-state index in [9.17, 15) is 4.79 Å². The fraction of sp³-hybridized carbons (Fsp3) is 0.368. The number of rotatable bonds is 8. The largest absolute Gasteiger partial charge is 0.497 e. The van der Waals surface area contributed by atoms with Crippen LogP contribution in [0.4, 0.5) is 0 Å². The molecule has 0 atom stereocenters. The van der Waals surface area contributed by atoms with Crippen molar-refractivity contribution in [2.75, 3.05) is 20.2 Å². The van der Waals surface area contributed by atoms with Gasteiger partial charge in [-0.2, -0.15) is 0 Å². The summed E-state index contributed by atoms with van der Waals surface area (Å²) in [7, 11) is 3.44. The van der Waals surface area contributed by atoms with Gasteiger partial charge in [0, 0.05) is 25.8 Å². The third-order valence-corrected chi connectivity index (χ3v) is 4.87. The molecule has 1 heterocycles. The van der Waals surface area contributed by atoms with Crippen molar-refractivity contribution in [1.82, 2.24) is 20.5 Å². The second-order valence-electron chi connectivity index (χ2n) is 6.01. The number of carbonyl (C=O) groups excluding carboxylic acids is 1. The second kappa shape index (κ2) is 10.8. The highest BCUT2D eigenvalue weighted by Crippen LogP contribution is 2.25. The fourth-order valence-electron chi connectivity index (χ4n) is 2.41. The van der Waals surface area contributed by atoms with Gasteiger partial charge in [-0.25, -0.2) is 4.99 Å². The summed E-state index contributed by atoms with van der Waals surface area (Å²) in [6.45, 7) is 3.56. The van der Waals surface area contributed by atoms with E-state index in [-0.39, 0.29) is 12.5 Å². The smallest absolute Gasteiger partial charge is 0.239 e. The number of aromatic nitrogens is 1. The molecule has 9 heteroatoms. The lowest BCUT2D eigenvalue weighted by molar-refractivity contribution is -0.120. The molecule has 0 saturated heterocycles. The van der Waals surface area contributed by atoms with Crippen LogP contribution in [0.25, 0.3) is 0 Å². The highest BCUT2D eigenvalue weighted by atomic mass is 35.5. The maximum Gasteiger partial charge on any atom is 0.239 e. The Balaban J connectivity index is 1.85. The molecule has 2 aromatic rings. The minimum absolute atomic E-state index is 0.108. The maximum absolute atomic E-state index is 12.1. The van der Waals surface area contributed by atoms with E-state index in [4.69, 9.17) is 27.9 Å². The summed E-state index contributed by atoms with van der Waals surface area (Å²) in [6.07, 6.45) is 0. The molecule has 0 fully saturated rings. The van der Waals surface area contributed by atoms with Crippen LogP contribution in [-0.4, -0.2) is 36.6 Å². The molecule has 0 radical (unpaired) electrons. The first kappa shape index (κ1) is 21.9. The van der Waals surface area contributed by atoms with Gasteiger partial charge < -0.3 is 25.3 Å². The minimum atomic E-state index is -0.133. The van der Waals surface area contributed by atoms with Crippen molar-refractivity contribution in [2.24, 2.45) is 12.0 Å². The average Bonchev–Trinajstić information content (AvgIpc) is 2.95. The molecule has 1 aromatic carbocycles. The highest BCUT2D eigenvalue weighted by molar-refractivity contribution is 6.41. The van der Waals surface area contributed by atoms with Crippen LogP contribution >= 0.6 is 23.2 Å². The third-order valence-electron chi connectivity index (χ3n) is 4.02. The molecular weight excluding hydrogens is 401 g/mol. The van der Waals surface area contributed by atoms with E-state index in [0.717, 1.165) is 17.0 Å². The zero-order valence-electron chi connectivity index (χ0n) is 16.2. The Bertz CT molecular complexity index is 818. The number of hydrogen-bond acceptors (Lipinski definition) is 3. The van der Waals surface area contributed by atoms with Gasteiger partial charge in [-0.3, -0.25) is 4.79 Å². The molecular formula is C19H25Cl2N5O2. The monoisotopic (exact) mass is 425 g/mol. The molecule has 2 rings (SSSR count). The van der Waals surface area contributed by atoms with Gasteiger partial charge in [0.15, 0.2) is 5.96 Å². The average molecular weight is 426 g/mol. The van der Waals surface area contributed by atoms with Gasteiger partial charge in [-0.05, 0) is 30.7 Å². The summed E-state index contributed by atoms with van der Waals surface area (Å²) >= 11 is 12.1. The van der Waals surface area contributed by atoms with Gasteiger partial charge in [0.25, 0.3) is 0 Å². The molecule has 1 amide bonds. The lowest BCUT2D eigenvalue weighted by Gasteiger charge is -2.12. The summed E-state index contributed by atoms with van der Waals surface area (Å²) in [5.41, 5.74) is 1.86. The van der Waals surface area contributed by atoms with Crippen molar-refractivity contribution in [3.05, 3.63) is 51.8 Å². The number of amides is 1. The molecule has 152 valence electrons. The zero-order chi connectivity index (χ0) is 20.5. The first-order valence-electron chi connectivity index (χ1n) is 8.86. The number of aliphatic imine (C=N–C) groups is 1. The first-order valence-corrected chi connectivity index (χ1v) is 9.61. The number of methoxy groups -OCH3 is 1. The Morgan fingerprint density at radius 3 is 2.46 bits per heavy atom. The van der Waals surface area contributed by atoms with E-state index in [0.29, 0.717) is 35.8 Å². The Morgan fingerprint density at radius 2 is 1.89 bits per heavy atom. The van der Waals surface area contributed by atoms with Gasteiger partial charge >= 0.3 is 0 Å². The third kappa shape index (κ3) is 6.35. The van der Waals surface area contributed by atoms with Crippen molar-refractivity contribution in [2.45, 2.75) is 20.0 Å². The summed E-state index contributed by atoms with van der Waals surface area (Å²) in [5, 5.41) is 9.95. The number of halogens is 2. The molecule has 0 saturated carbocycles. The molecule has 0 bridgehead atoms. The van der Waals surface area contributed by atoms with Crippen LogP contribution in [0.1, 0.15) is 18.2 Å². The number of benzene rings is 1. The number of nitrogens with zero attached hydrogens (tertiary/aromatic N) is 2. The molecule has 0 spiro atoms. The van der Waals surface area contributed by atoms with E-state index < -0.39 is 0 Å². The van der Waals surface area contributed by atoms with Gasteiger partial charge in [0.1, 0.15) is 10.9 Å². The summed E-state index contributed by atoms with van der Waals surface area (Å²) in [5.74, 6) is 1.19. The molecule has 0 aliphatic rings. The molecule has 0 aliphatic heterocycles. The topological polar surface area (TPSA) is 79.7 Å². The molecule has 28 heavy (non-hydrogen) atoms. The number of hydrogen-bond donors (Lipinski definition) is 3. The van der Waals surface area contributed by atoms with E-state index in [2.05, 4.69) is 20.9 Å². The standard InChI is InChI=1S/C19H25Cl2N5O2/c1-4-22-19(24-11-14-9-16(20)18(21)26(14)2)25-12-17(27)23-10-13-5-7-15(28-3)8-6-13/h5-9H,4,10-12H2,1-3H3,(H,23,27)(H2,22,24,25).